The third-order valence-corrected chi connectivity index (χ3v) is 4.10. The monoisotopic (exact) mass is 241 g/mol. The average Bonchev–Trinajstić information content (AvgIpc) is 2.33. The van der Waals surface area contributed by atoms with E-state index in [0.29, 0.717) is 0 Å². The maximum atomic E-state index is 12.1. The van der Waals surface area contributed by atoms with Crippen LogP contribution < -0.4 is 0 Å². The van der Waals surface area contributed by atoms with Crippen molar-refractivity contribution in [2.45, 2.75) is 76.7 Å². The van der Waals surface area contributed by atoms with Crippen LogP contribution in [0.3, 0.4) is 0 Å². The maximum absolute atomic E-state index is 12.1. The van der Waals surface area contributed by atoms with E-state index < -0.39 is 16.9 Å². The lowest BCUT2D eigenvalue weighted by atomic mass is 9.77. The van der Waals surface area contributed by atoms with Crippen molar-refractivity contribution in [2.75, 3.05) is 0 Å². The van der Waals surface area contributed by atoms with Crippen LogP contribution in [-0.2, 0) is 4.74 Å². The molecule has 4 nitrogen and oxygen atoms in total. The Labute approximate surface area is 103 Å². The maximum Gasteiger partial charge on any atom is 0.413 e. The number of hydrogen-bond acceptors (Lipinski definition) is 3. The molecule has 1 N–H and O–H groups in total. The minimum Gasteiger partial charge on any atom is -0.438 e. The van der Waals surface area contributed by atoms with Gasteiger partial charge in [0.15, 0.2) is 11.3 Å². The molecule has 1 unspecified atom stereocenters. The topological polar surface area (TPSA) is 49.8 Å². The molecule has 1 aliphatic heterocycles. The van der Waals surface area contributed by atoms with Crippen molar-refractivity contribution in [1.29, 1.82) is 0 Å². The Morgan fingerprint density at radius 1 is 1.24 bits per heavy atom. The molecule has 1 aliphatic carbocycles. The first kappa shape index (κ1) is 12.7. The summed E-state index contributed by atoms with van der Waals surface area (Å²) in [4.78, 5) is 13.5. The van der Waals surface area contributed by atoms with Crippen molar-refractivity contribution in [3.63, 3.8) is 0 Å². The van der Waals surface area contributed by atoms with Gasteiger partial charge in [0, 0.05) is 5.54 Å². The van der Waals surface area contributed by atoms with Crippen molar-refractivity contribution < 1.29 is 14.6 Å². The number of rotatable bonds is 0. The zero-order valence-corrected chi connectivity index (χ0v) is 11.2. The first-order valence-electron chi connectivity index (χ1n) is 6.46. The summed E-state index contributed by atoms with van der Waals surface area (Å²) in [6, 6.07) is 0. The van der Waals surface area contributed by atoms with Gasteiger partial charge in [-0.25, -0.2) is 4.79 Å². The second kappa shape index (κ2) is 3.61. The molecular weight excluding hydrogens is 218 g/mol. The average molecular weight is 241 g/mol. The van der Waals surface area contributed by atoms with Gasteiger partial charge in [0.05, 0.1) is 0 Å². The quantitative estimate of drug-likeness (QED) is 0.709. The lowest BCUT2D eigenvalue weighted by Crippen LogP contribution is -2.61. The Morgan fingerprint density at radius 3 is 2.18 bits per heavy atom. The molecule has 0 aromatic carbocycles. The molecule has 17 heavy (non-hydrogen) atoms. The number of amides is 1. The fraction of sp³-hybridized carbons (Fsp3) is 0.923. The molecule has 2 aliphatic rings. The Balaban J connectivity index is 2.37. The number of ether oxygens (including phenoxy) is 1. The lowest BCUT2D eigenvalue weighted by molar-refractivity contribution is -0.174. The molecule has 1 amide bonds. The zero-order valence-electron chi connectivity index (χ0n) is 11.2. The van der Waals surface area contributed by atoms with Gasteiger partial charge in [-0.15, -0.1) is 0 Å². The highest BCUT2D eigenvalue weighted by atomic mass is 16.6. The van der Waals surface area contributed by atoms with Crippen LogP contribution in [0.1, 0.15) is 59.8 Å². The van der Waals surface area contributed by atoms with E-state index in [0.717, 1.165) is 32.1 Å². The Kier molecular flexibility index (Phi) is 2.69. The highest BCUT2D eigenvalue weighted by Crippen LogP contribution is 2.49. The van der Waals surface area contributed by atoms with Crippen LogP contribution in [0, 0.1) is 0 Å². The third kappa shape index (κ3) is 1.73. The highest BCUT2D eigenvalue weighted by Gasteiger charge is 2.64. The summed E-state index contributed by atoms with van der Waals surface area (Å²) in [7, 11) is 0. The SMILES string of the molecule is CC(C)(C)N1C(=O)OC2(CCCCC2)C1(C)O. The molecule has 0 radical (unpaired) electrons. The first-order valence-corrected chi connectivity index (χ1v) is 6.46. The summed E-state index contributed by atoms with van der Waals surface area (Å²) in [5.74, 6) is 0. The van der Waals surface area contributed by atoms with Gasteiger partial charge in [0.25, 0.3) is 0 Å². The van der Waals surface area contributed by atoms with E-state index in [1.54, 1.807) is 6.92 Å². The largest absolute Gasteiger partial charge is 0.438 e. The Hall–Kier alpha value is -0.770. The molecule has 0 aromatic heterocycles. The van der Waals surface area contributed by atoms with Crippen LogP contribution in [-0.4, -0.2) is 33.0 Å². The number of carbonyl (C=O) groups is 1. The summed E-state index contributed by atoms with van der Waals surface area (Å²) >= 11 is 0. The van der Waals surface area contributed by atoms with E-state index in [1.165, 1.54) is 4.90 Å². The minimum atomic E-state index is -1.21. The van der Waals surface area contributed by atoms with Crippen molar-refractivity contribution in [1.82, 2.24) is 4.90 Å². The molecule has 1 saturated heterocycles. The molecular formula is C13H23NO3. The van der Waals surface area contributed by atoms with Crippen molar-refractivity contribution >= 4 is 6.09 Å². The lowest BCUT2D eigenvalue weighted by Gasteiger charge is -2.45. The molecule has 0 bridgehead atoms. The number of hydrogen-bond donors (Lipinski definition) is 1. The zero-order chi connectivity index (χ0) is 12.9. The normalized spacial score (nSPS) is 33.0. The van der Waals surface area contributed by atoms with Gasteiger partial charge in [-0.1, -0.05) is 6.42 Å². The number of carbonyl (C=O) groups excluding carboxylic acids is 1. The molecule has 1 spiro atoms. The van der Waals surface area contributed by atoms with Crippen LogP contribution in [0.2, 0.25) is 0 Å². The predicted molar refractivity (Wildman–Crippen MR) is 64.5 cm³/mol. The molecule has 1 atom stereocenters. The second-order valence-electron chi connectivity index (χ2n) is 6.45. The number of nitrogens with zero attached hydrogens (tertiary/aromatic N) is 1. The molecule has 1 heterocycles. The summed E-state index contributed by atoms with van der Waals surface area (Å²) in [5.41, 5.74) is -2.33. The van der Waals surface area contributed by atoms with E-state index in [-0.39, 0.29) is 6.09 Å². The van der Waals surface area contributed by atoms with E-state index in [1.807, 2.05) is 20.8 Å². The van der Waals surface area contributed by atoms with E-state index in [2.05, 4.69) is 0 Å². The Morgan fingerprint density at radius 2 is 1.76 bits per heavy atom. The summed E-state index contributed by atoms with van der Waals surface area (Å²) in [6.07, 6.45) is 4.33. The second-order valence-corrected chi connectivity index (χ2v) is 6.45. The third-order valence-electron chi connectivity index (χ3n) is 4.10. The number of aliphatic hydroxyl groups is 1. The van der Waals surface area contributed by atoms with Gasteiger partial charge >= 0.3 is 6.09 Å². The Bertz CT molecular complexity index is 324. The molecule has 0 aromatic rings. The van der Waals surface area contributed by atoms with Gasteiger partial charge in [0.2, 0.25) is 0 Å². The molecule has 98 valence electrons. The van der Waals surface area contributed by atoms with Gasteiger partial charge in [-0.05, 0) is 53.4 Å². The smallest absolute Gasteiger partial charge is 0.413 e. The fourth-order valence-electron chi connectivity index (χ4n) is 3.32. The standard InChI is InChI=1S/C13H23NO3/c1-11(2,3)14-10(15)17-13(12(14,4)16)8-6-5-7-9-13/h16H,5-9H2,1-4H3. The van der Waals surface area contributed by atoms with Crippen LogP contribution >= 0.6 is 0 Å². The fourth-order valence-corrected chi connectivity index (χ4v) is 3.32. The molecule has 2 rings (SSSR count). The van der Waals surface area contributed by atoms with Gasteiger partial charge in [-0.3, -0.25) is 4.90 Å². The predicted octanol–water partition coefficient (Wildman–Crippen LogP) is 2.65. The first-order chi connectivity index (χ1) is 7.71. The molecule has 4 heteroatoms. The van der Waals surface area contributed by atoms with E-state index >= 15 is 0 Å². The van der Waals surface area contributed by atoms with Crippen LogP contribution in [0.25, 0.3) is 0 Å². The van der Waals surface area contributed by atoms with Crippen molar-refractivity contribution in [3.05, 3.63) is 0 Å². The van der Waals surface area contributed by atoms with Crippen LogP contribution in [0.4, 0.5) is 4.79 Å². The molecule has 1 saturated carbocycles. The summed E-state index contributed by atoms with van der Waals surface area (Å²) < 4.78 is 5.58. The van der Waals surface area contributed by atoms with Gasteiger partial charge in [-0.2, -0.15) is 0 Å². The summed E-state index contributed by atoms with van der Waals surface area (Å²) in [5, 5.41) is 10.8. The summed E-state index contributed by atoms with van der Waals surface area (Å²) in [6.45, 7) is 7.48. The highest BCUT2D eigenvalue weighted by molar-refractivity contribution is 5.73. The van der Waals surface area contributed by atoms with Crippen molar-refractivity contribution in [3.8, 4) is 0 Å². The van der Waals surface area contributed by atoms with Crippen molar-refractivity contribution in [2.24, 2.45) is 0 Å². The van der Waals surface area contributed by atoms with Gasteiger partial charge < -0.3 is 9.84 Å². The van der Waals surface area contributed by atoms with Crippen LogP contribution in [0.15, 0.2) is 0 Å². The van der Waals surface area contributed by atoms with Crippen LogP contribution in [0.5, 0.6) is 0 Å². The molecule has 2 fully saturated rings. The van der Waals surface area contributed by atoms with E-state index in [4.69, 9.17) is 4.74 Å². The van der Waals surface area contributed by atoms with Gasteiger partial charge in [0.1, 0.15) is 0 Å². The minimum absolute atomic E-state index is 0.385. The van der Waals surface area contributed by atoms with E-state index in [9.17, 15) is 9.90 Å².